The summed E-state index contributed by atoms with van der Waals surface area (Å²) in [6, 6.07) is 1.28. The molecule has 1 aromatic heterocycles. The predicted molar refractivity (Wildman–Crippen MR) is 40.8 cm³/mol. The van der Waals surface area contributed by atoms with Crippen LogP contribution in [0.1, 0.15) is 28.0 Å². The zero-order valence-electron chi connectivity index (χ0n) is 7.04. The summed E-state index contributed by atoms with van der Waals surface area (Å²) < 4.78 is 37.7. The van der Waals surface area contributed by atoms with E-state index in [0.717, 1.165) is 0 Å². The normalized spacial score (nSPS) is 10.1. The zero-order valence-corrected chi connectivity index (χ0v) is 7.04. The summed E-state index contributed by atoms with van der Waals surface area (Å²) in [6.07, 6.45) is -2.85. The highest BCUT2D eigenvalue weighted by molar-refractivity contribution is 5.90. The van der Waals surface area contributed by atoms with Gasteiger partial charge in [-0.2, -0.15) is 5.26 Å². The molecular formula is C8H3F3N2O2. The lowest BCUT2D eigenvalue weighted by atomic mass is 10.1. The van der Waals surface area contributed by atoms with Gasteiger partial charge in [0, 0.05) is 0 Å². The summed E-state index contributed by atoms with van der Waals surface area (Å²) in [5.41, 5.74) is -3.19. The van der Waals surface area contributed by atoms with E-state index in [9.17, 15) is 18.0 Å². The largest absolute Gasteiger partial charge is 0.478 e. The zero-order chi connectivity index (χ0) is 11.6. The van der Waals surface area contributed by atoms with Crippen LogP contribution in [0.2, 0.25) is 0 Å². The van der Waals surface area contributed by atoms with Gasteiger partial charge < -0.3 is 5.11 Å². The Morgan fingerprint density at radius 1 is 1.60 bits per heavy atom. The van der Waals surface area contributed by atoms with Crippen molar-refractivity contribution in [1.82, 2.24) is 4.98 Å². The van der Waals surface area contributed by atoms with Gasteiger partial charge >= 0.3 is 5.97 Å². The van der Waals surface area contributed by atoms with Crippen LogP contribution in [-0.4, -0.2) is 16.1 Å². The molecule has 1 heterocycles. The second kappa shape index (κ2) is 3.96. The van der Waals surface area contributed by atoms with E-state index in [4.69, 9.17) is 10.4 Å². The molecule has 0 atom stereocenters. The maximum Gasteiger partial charge on any atom is 0.339 e. The minimum atomic E-state index is -3.27. The number of hydrogen-bond donors (Lipinski definition) is 1. The highest BCUT2D eigenvalue weighted by atomic mass is 19.3. The minimum absolute atomic E-state index is 0.424. The molecule has 7 heteroatoms. The Bertz CT molecular complexity index is 454. The summed E-state index contributed by atoms with van der Waals surface area (Å²) in [7, 11) is 0. The molecule has 0 aliphatic rings. The first-order chi connectivity index (χ1) is 6.99. The molecule has 0 aliphatic heterocycles. The van der Waals surface area contributed by atoms with E-state index in [1.165, 1.54) is 6.07 Å². The van der Waals surface area contributed by atoms with Crippen molar-refractivity contribution in [2.24, 2.45) is 0 Å². The molecule has 0 saturated heterocycles. The quantitative estimate of drug-likeness (QED) is 0.816. The van der Waals surface area contributed by atoms with E-state index < -0.39 is 35.0 Å². The van der Waals surface area contributed by atoms with Crippen molar-refractivity contribution in [2.45, 2.75) is 6.43 Å². The van der Waals surface area contributed by atoms with Crippen LogP contribution in [0.25, 0.3) is 0 Å². The number of hydrogen-bond acceptors (Lipinski definition) is 3. The fourth-order valence-electron chi connectivity index (χ4n) is 1.02. The number of aromatic carboxylic acids is 1. The van der Waals surface area contributed by atoms with Crippen LogP contribution in [-0.2, 0) is 0 Å². The van der Waals surface area contributed by atoms with Gasteiger partial charge in [-0.25, -0.2) is 22.9 Å². The minimum Gasteiger partial charge on any atom is -0.478 e. The maximum atomic E-state index is 12.9. The van der Waals surface area contributed by atoms with Gasteiger partial charge in [0.2, 0.25) is 0 Å². The van der Waals surface area contributed by atoms with Gasteiger partial charge in [0.05, 0.1) is 11.8 Å². The molecule has 1 N–H and O–H groups in total. The third-order valence-corrected chi connectivity index (χ3v) is 1.61. The molecule has 15 heavy (non-hydrogen) atoms. The molecule has 0 amide bonds. The monoisotopic (exact) mass is 216 g/mol. The molecule has 4 nitrogen and oxygen atoms in total. The SMILES string of the molecule is N#Cc1ncc(F)c(C(=O)O)c1C(F)F. The topological polar surface area (TPSA) is 74.0 Å². The fourth-order valence-corrected chi connectivity index (χ4v) is 1.02. The van der Waals surface area contributed by atoms with E-state index in [1.54, 1.807) is 0 Å². The number of carboxylic acid groups (broad SMARTS) is 1. The Labute approximate surface area is 81.6 Å². The molecule has 0 unspecified atom stereocenters. The number of nitriles is 1. The van der Waals surface area contributed by atoms with Gasteiger partial charge in [0.1, 0.15) is 17.3 Å². The maximum absolute atomic E-state index is 12.9. The highest BCUT2D eigenvalue weighted by Gasteiger charge is 2.26. The van der Waals surface area contributed by atoms with Gasteiger partial charge in [-0.3, -0.25) is 0 Å². The van der Waals surface area contributed by atoms with Crippen molar-refractivity contribution in [3.8, 4) is 6.07 Å². The lowest BCUT2D eigenvalue weighted by molar-refractivity contribution is 0.0678. The number of carboxylic acids is 1. The third-order valence-electron chi connectivity index (χ3n) is 1.61. The van der Waals surface area contributed by atoms with E-state index in [-0.39, 0.29) is 0 Å². The van der Waals surface area contributed by atoms with Crippen LogP contribution < -0.4 is 0 Å². The van der Waals surface area contributed by atoms with E-state index in [1.807, 2.05) is 0 Å². The second-order valence-corrected chi connectivity index (χ2v) is 2.46. The van der Waals surface area contributed by atoms with Crippen molar-refractivity contribution in [2.75, 3.05) is 0 Å². The average molecular weight is 216 g/mol. The average Bonchev–Trinajstić information content (AvgIpc) is 2.16. The Kier molecular flexibility index (Phi) is 2.90. The molecule has 0 radical (unpaired) electrons. The summed E-state index contributed by atoms with van der Waals surface area (Å²) in [5.74, 6) is -3.25. The Morgan fingerprint density at radius 3 is 2.60 bits per heavy atom. The number of alkyl halides is 2. The van der Waals surface area contributed by atoms with Crippen molar-refractivity contribution >= 4 is 5.97 Å². The van der Waals surface area contributed by atoms with Gasteiger partial charge in [-0.15, -0.1) is 0 Å². The van der Waals surface area contributed by atoms with E-state index >= 15 is 0 Å². The van der Waals surface area contributed by atoms with Crippen molar-refractivity contribution < 1.29 is 23.1 Å². The second-order valence-electron chi connectivity index (χ2n) is 2.46. The summed E-state index contributed by atoms with van der Waals surface area (Å²) in [5, 5.41) is 16.9. The van der Waals surface area contributed by atoms with Crippen LogP contribution in [0.4, 0.5) is 13.2 Å². The predicted octanol–water partition coefficient (Wildman–Crippen LogP) is 1.73. The molecule has 0 aliphatic carbocycles. The summed E-state index contributed by atoms with van der Waals surface area (Å²) >= 11 is 0. The van der Waals surface area contributed by atoms with Gasteiger partial charge in [0.15, 0.2) is 5.82 Å². The Hall–Kier alpha value is -2.10. The third kappa shape index (κ3) is 1.88. The van der Waals surface area contributed by atoms with Crippen molar-refractivity contribution in [3.63, 3.8) is 0 Å². The van der Waals surface area contributed by atoms with Crippen LogP contribution in [0.15, 0.2) is 6.20 Å². The van der Waals surface area contributed by atoms with Gasteiger partial charge in [-0.1, -0.05) is 0 Å². The first-order valence-electron chi connectivity index (χ1n) is 3.59. The van der Waals surface area contributed by atoms with Crippen molar-refractivity contribution in [3.05, 3.63) is 28.8 Å². The molecular weight excluding hydrogens is 213 g/mol. The smallest absolute Gasteiger partial charge is 0.339 e. The van der Waals surface area contributed by atoms with Crippen LogP contribution in [0.3, 0.4) is 0 Å². The Balaban J connectivity index is 3.60. The lowest BCUT2D eigenvalue weighted by Gasteiger charge is -2.06. The number of carbonyl (C=O) groups is 1. The molecule has 78 valence electrons. The molecule has 1 aromatic rings. The lowest BCUT2D eigenvalue weighted by Crippen LogP contribution is -2.10. The summed E-state index contributed by atoms with van der Waals surface area (Å²) in [6.45, 7) is 0. The molecule has 0 aromatic carbocycles. The van der Waals surface area contributed by atoms with Gasteiger partial charge in [-0.05, 0) is 0 Å². The Morgan fingerprint density at radius 2 is 2.20 bits per heavy atom. The molecule has 0 bridgehead atoms. The summed E-state index contributed by atoms with van der Waals surface area (Å²) in [4.78, 5) is 13.6. The number of rotatable bonds is 2. The first-order valence-corrected chi connectivity index (χ1v) is 3.59. The molecule has 1 rings (SSSR count). The number of pyridine rings is 1. The fraction of sp³-hybridized carbons (Fsp3) is 0.125. The van der Waals surface area contributed by atoms with E-state index in [2.05, 4.69) is 4.98 Å². The van der Waals surface area contributed by atoms with Crippen LogP contribution in [0, 0.1) is 17.1 Å². The van der Waals surface area contributed by atoms with Crippen LogP contribution >= 0.6 is 0 Å². The van der Waals surface area contributed by atoms with Crippen molar-refractivity contribution in [1.29, 1.82) is 5.26 Å². The van der Waals surface area contributed by atoms with Crippen LogP contribution in [0.5, 0.6) is 0 Å². The standard InChI is InChI=1S/C8H3F3N2O2/c9-3-2-13-4(1-12)6(7(10)11)5(3)8(14)15/h2,7H,(H,14,15). The first kappa shape index (κ1) is 11.0. The molecule has 0 saturated carbocycles. The highest BCUT2D eigenvalue weighted by Crippen LogP contribution is 2.26. The van der Waals surface area contributed by atoms with Gasteiger partial charge in [0.25, 0.3) is 6.43 Å². The number of halogens is 3. The molecule has 0 spiro atoms. The van der Waals surface area contributed by atoms with E-state index in [0.29, 0.717) is 6.20 Å². The number of aromatic nitrogens is 1. The molecule has 0 fully saturated rings. The number of nitrogens with zero attached hydrogens (tertiary/aromatic N) is 2.